The van der Waals surface area contributed by atoms with Crippen molar-refractivity contribution in [3.05, 3.63) is 15.6 Å². The van der Waals surface area contributed by atoms with Gasteiger partial charge in [0.25, 0.3) is 0 Å². The Kier molecular flexibility index (Phi) is 6.14. The molecular weight excluding hydrogens is 366 g/mol. The van der Waals surface area contributed by atoms with Crippen LogP contribution in [0.5, 0.6) is 0 Å². The third-order valence-electron chi connectivity index (χ3n) is 5.55. The molecule has 2 heterocycles. The number of aromatic carboxylic acids is 1. The molecule has 148 valence electrons. The number of hydrogen-bond donors (Lipinski definition) is 2. The molecule has 2 aliphatic rings. The van der Waals surface area contributed by atoms with Gasteiger partial charge in [0, 0.05) is 38.4 Å². The average molecular weight is 394 g/mol. The number of carboxylic acids is 1. The SMILES string of the molecule is Cc1nc(CC2CCN(C(=O)CCNC(=O)C3CC3C)CC2)sc1C(=O)O. The molecule has 0 aromatic carbocycles. The first-order valence-corrected chi connectivity index (χ1v) is 10.4. The van der Waals surface area contributed by atoms with Gasteiger partial charge in [0.15, 0.2) is 0 Å². The predicted molar refractivity (Wildman–Crippen MR) is 102 cm³/mol. The zero-order chi connectivity index (χ0) is 19.6. The van der Waals surface area contributed by atoms with Gasteiger partial charge in [0.1, 0.15) is 4.88 Å². The molecule has 2 amide bonds. The number of hydrogen-bond acceptors (Lipinski definition) is 5. The number of likely N-dealkylation sites (tertiary alicyclic amines) is 1. The van der Waals surface area contributed by atoms with Crippen LogP contribution in [0.1, 0.15) is 53.0 Å². The number of amides is 2. The Balaban J connectivity index is 1.38. The summed E-state index contributed by atoms with van der Waals surface area (Å²) in [4.78, 5) is 41.8. The lowest BCUT2D eigenvalue weighted by Gasteiger charge is -2.31. The third-order valence-corrected chi connectivity index (χ3v) is 6.72. The largest absolute Gasteiger partial charge is 0.477 e. The second-order valence-corrected chi connectivity index (χ2v) is 8.80. The highest BCUT2D eigenvalue weighted by atomic mass is 32.1. The number of piperidine rings is 1. The van der Waals surface area contributed by atoms with Crippen molar-refractivity contribution in [3.8, 4) is 0 Å². The highest BCUT2D eigenvalue weighted by Gasteiger charge is 2.38. The summed E-state index contributed by atoms with van der Waals surface area (Å²) < 4.78 is 0. The lowest BCUT2D eigenvalue weighted by atomic mass is 9.93. The van der Waals surface area contributed by atoms with E-state index in [0.717, 1.165) is 30.7 Å². The number of thiazole rings is 1. The third kappa shape index (κ3) is 5.06. The normalized spacial score (nSPS) is 22.5. The van der Waals surface area contributed by atoms with Crippen molar-refractivity contribution in [2.24, 2.45) is 17.8 Å². The maximum absolute atomic E-state index is 12.3. The molecule has 1 saturated carbocycles. The van der Waals surface area contributed by atoms with Crippen LogP contribution in [0.25, 0.3) is 0 Å². The van der Waals surface area contributed by atoms with Gasteiger partial charge in [-0.15, -0.1) is 11.3 Å². The molecule has 7 nitrogen and oxygen atoms in total. The van der Waals surface area contributed by atoms with Crippen LogP contribution >= 0.6 is 11.3 Å². The van der Waals surface area contributed by atoms with E-state index in [1.54, 1.807) is 6.92 Å². The van der Waals surface area contributed by atoms with Gasteiger partial charge in [-0.25, -0.2) is 9.78 Å². The van der Waals surface area contributed by atoms with Gasteiger partial charge in [-0.2, -0.15) is 0 Å². The molecule has 1 saturated heterocycles. The molecule has 0 radical (unpaired) electrons. The van der Waals surface area contributed by atoms with Crippen molar-refractivity contribution < 1.29 is 19.5 Å². The Hall–Kier alpha value is -1.96. The standard InChI is InChI=1S/C19H27N3O4S/c1-11-9-14(11)18(24)20-6-3-16(23)22-7-4-13(5-8-22)10-15-21-12(2)17(27-15)19(25)26/h11,13-14H,3-10H2,1-2H3,(H,20,24)(H,25,26). The van der Waals surface area contributed by atoms with Crippen molar-refractivity contribution in [2.75, 3.05) is 19.6 Å². The molecule has 27 heavy (non-hydrogen) atoms. The first-order valence-electron chi connectivity index (χ1n) is 9.60. The number of aryl methyl sites for hydroxylation is 1. The highest BCUT2D eigenvalue weighted by molar-refractivity contribution is 7.13. The number of carboxylic acid groups (broad SMARTS) is 1. The Labute approximate surface area is 163 Å². The van der Waals surface area contributed by atoms with Crippen molar-refractivity contribution >= 4 is 29.1 Å². The summed E-state index contributed by atoms with van der Waals surface area (Å²) in [5.41, 5.74) is 0.581. The fraction of sp³-hybridized carbons (Fsp3) is 0.684. The summed E-state index contributed by atoms with van der Waals surface area (Å²) in [6, 6.07) is 0. The second-order valence-electron chi connectivity index (χ2n) is 7.72. The lowest BCUT2D eigenvalue weighted by molar-refractivity contribution is -0.132. The van der Waals surface area contributed by atoms with E-state index in [0.29, 0.717) is 48.5 Å². The van der Waals surface area contributed by atoms with E-state index < -0.39 is 5.97 Å². The van der Waals surface area contributed by atoms with E-state index in [1.807, 2.05) is 4.90 Å². The van der Waals surface area contributed by atoms with Gasteiger partial charge in [0.2, 0.25) is 11.8 Å². The van der Waals surface area contributed by atoms with E-state index in [-0.39, 0.29) is 17.7 Å². The van der Waals surface area contributed by atoms with Gasteiger partial charge < -0.3 is 15.3 Å². The molecule has 3 rings (SSSR count). The number of aromatic nitrogens is 1. The molecule has 2 fully saturated rings. The maximum Gasteiger partial charge on any atom is 0.347 e. The molecule has 8 heteroatoms. The molecule has 2 N–H and O–H groups in total. The molecule has 2 unspecified atom stereocenters. The Morgan fingerprint density at radius 3 is 2.52 bits per heavy atom. The summed E-state index contributed by atoms with van der Waals surface area (Å²) in [6.07, 6.45) is 3.89. The molecule has 0 bridgehead atoms. The van der Waals surface area contributed by atoms with Crippen molar-refractivity contribution in [1.82, 2.24) is 15.2 Å². The van der Waals surface area contributed by atoms with E-state index >= 15 is 0 Å². The Morgan fingerprint density at radius 1 is 1.30 bits per heavy atom. The van der Waals surface area contributed by atoms with E-state index in [1.165, 1.54) is 11.3 Å². The van der Waals surface area contributed by atoms with Crippen molar-refractivity contribution in [1.29, 1.82) is 0 Å². The number of carbonyl (C=O) groups is 3. The fourth-order valence-corrected chi connectivity index (χ4v) is 4.66. The Bertz CT molecular complexity index is 725. The minimum Gasteiger partial charge on any atom is -0.477 e. The number of nitrogens with one attached hydrogen (secondary N) is 1. The molecule has 1 aromatic rings. The second kappa shape index (κ2) is 8.37. The van der Waals surface area contributed by atoms with Crippen molar-refractivity contribution in [3.63, 3.8) is 0 Å². The van der Waals surface area contributed by atoms with Crippen LogP contribution in [0.3, 0.4) is 0 Å². The van der Waals surface area contributed by atoms with Crippen LogP contribution in [0.15, 0.2) is 0 Å². The van der Waals surface area contributed by atoms with Gasteiger partial charge in [-0.1, -0.05) is 6.92 Å². The van der Waals surface area contributed by atoms with E-state index in [9.17, 15) is 14.4 Å². The van der Waals surface area contributed by atoms with Crippen LogP contribution in [-0.4, -0.2) is 52.4 Å². The molecule has 2 atom stereocenters. The van der Waals surface area contributed by atoms with Crippen LogP contribution in [-0.2, 0) is 16.0 Å². The Morgan fingerprint density at radius 2 is 1.96 bits per heavy atom. The summed E-state index contributed by atoms with van der Waals surface area (Å²) in [5, 5.41) is 12.9. The molecule has 1 aliphatic carbocycles. The van der Waals surface area contributed by atoms with E-state index in [4.69, 9.17) is 5.11 Å². The number of rotatable bonds is 7. The molecule has 1 aromatic heterocycles. The van der Waals surface area contributed by atoms with Crippen LogP contribution in [0.4, 0.5) is 0 Å². The zero-order valence-corrected chi connectivity index (χ0v) is 16.7. The lowest BCUT2D eigenvalue weighted by Crippen LogP contribution is -2.40. The minimum atomic E-state index is -0.917. The van der Waals surface area contributed by atoms with Gasteiger partial charge >= 0.3 is 5.97 Å². The quantitative estimate of drug-likeness (QED) is 0.739. The van der Waals surface area contributed by atoms with Crippen LogP contribution in [0.2, 0.25) is 0 Å². The maximum atomic E-state index is 12.3. The number of carbonyl (C=O) groups excluding carboxylic acids is 2. The van der Waals surface area contributed by atoms with Gasteiger partial charge in [-0.05, 0) is 38.0 Å². The summed E-state index contributed by atoms with van der Waals surface area (Å²) in [7, 11) is 0. The van der Waals surface area contributed by atoms with Crippen molar-refractivity contribution in [2.45, 2.75) is 46.0 Å². The molecule has 1 aliphatic heterocycles. The van der Waals surface area contributed by atoms with Crippen LogP contribution < -0.4 is 5.32 Å². The number of nitrogens with zero attached hydrogens (tertiary/aromatic N) is 2. The van der Waals surface area contributed by atoms with E-state index in [2.05, 4.69) is 17.2 Å². The summed E-state index contributed by atoms with van der Waals surface area (Å²) >= 11 is 1.26. The van der Waals surface area contributed by atoms with Crippen LogP contribution in [0, 0.1) is 24.7 Å². The first kappa shape index (κ1) is 19.8. The summed E-state index contributed by atoms with van der Waals surface area (Å²) in [5.74, 6) is 0.307. The highest BCUT2D eigenvalue weighted by Crippen LogP contribution is 2.37. The van der Waals surface area contributed by atoms with Gasteiger partial charge in [-0.3, -0.25) is 9.59 Å². The average Bonchev–Trinajstić information content (AvgIpc) is 3.24. The monoisotopic (exact) mass is 393 g/mol. The van der Waals surface area contributed by atoms with Gasteiger partial charge in [0.05, 0.1) is 10.7 Å². The topological polar surface area (TPSA) is 99.6 Å². The predicted octanol–water partition coefficient (Wildman–Crippen LogP) is 2.09. The fourth-order valence-electron chi connectivity index (χ4n) is 3.64. The minimum absolute atomic E-state index is 0.0773. The summed E-state index contributed by atoms with van der Waals surface area (Å²) in [6.45, 7) is 5.64. The molecule has 0 spiro atoms. The first-order chi connectivity index (χ1) is 12.8. The zero-order valence-electron chi connectivity index (χ0n) is 15.9. The smallest absolute Gasteiger partial charge is 0.347 e. The molecular formula is C19H27N3O4S.